The van der Waals surface area contributed by atoms with E-state index >= 15 is 0 Å². The van der Waals surface area contributed by atoms with Crippen LogP contribution in [0.25, 0.3) is 12.2 Å². The maximum absolute atomic E-state index is 13.0. The number of hydrogen-bond donors (Lipinski definition) is 0. The summed E-state index contributed by atoms with van der Waals surface area (Å²) in [5.74, 6) is 1.68. The lowest BCUT2D eigenvalue weighted by Gasteiger charge is -2.25. The van der Waals surface area contributed by atoms with Crippen molar-refractivity contribution in [2.75, 3.05) is 33.3 Å². The predicted octanol–water partition coefficient (Wildman–Crippen LogP) is 10.3. The molecule has 4 rings (SSSR count). The highest BCUT2D eigenvalue weighted by atomic mass is 16.5. The van der Waals surface area contributed by atoms with Crippen LogP contribution in [0.4, 0.5) is 0 Å². The number of rotatable bonds is 14. The molecule has 0 aromatic heterocycles. The molecule has 5 heteroatoms. The molecule has 264 valence electrons. The number of aryl methyl sites for hydroxylation is 1. The zero-order valence-electron chi connectivity index (χ0n) is 31.4. The summed E-state index contributed by atoms with van der Waals surface area (Å²) in [5.41, 5.74) is 7.35. The molecule has 2 amide bonds. The van der Waals surface area contributed by atoms with E-state index < -0.39 is 0 Å². The molecule has 0 N–H and O–H groups in total. The van der Waals surface area contributed by atoms with Crippen molar-refractivity contribution in [1.29, 1.82) is 0 Å². The number of carbonyl (C=O) groups excluding carboxylic acids is 2. The molecule has 0 aliphatic heterocycles. The number of amides is 2. The molecule has 50 heavy (non-hydrogen) atoms. The highest BCUT2D eigenvalue weighted by Gasteiger charge is 2.19. The topological polar surface area (TPSA) is 49.9 Å². The summed E-state index contributed by atoms with van der Waals surface area (Å²) in [6.45, 7) is 17.6. The second-order valence-corrected chi connectivity index (χ2v) is 13.7. The summed E-state index contributed by atoms with van der Waals surface area (Å²) in [7, 11) is 1.61. The molecule has 4 aromatic carbocycles. The van der Waals surface area contributed by atoms with Crippen LogP contribution in [0.5, 0.6) is 5.75 Å². The van der Waals surface area contributed by atoms with Crippen LogP contribution in [-0.4, -0.2) is 54.9 Å². The average molecular weight is 673 g/mol. The SMILES string of the molecule is CCc1ccc(C(=O)N(C/C(C)=C/c2ccccc2)CC(C)C)cc1.COc1cccc(C(=O)N(C/C(C)=C/c2ccccc2)CC(C)C)c1. The van der Waals surface area contributed by atoms with Crippen molar-refractivity contribution in [1.82, 2.24) is 9.80 Å². The molecule has 0 spiro atoms. The Morgan fingerprint density at radius 3 is 1.50 bits per heavy atom. The van der Waals surface area contributed by atoms with Crippen molar-refractivity contribution < 1.29 is 14.3 Å². The Labute approximate surface area is 301 Å². The number of benzene rings is 4. The first kappa shape index (κ1) is 39.5. The van der Waals surface area contributed by atoms with Gasteiger partial charge in [0.1, 0.15) is 5.75 Å². The molecule has 0 atom stereocenters. The van der Waals surface area contributed by atoms with E-state index in [0.29, 0.717) is 36.2 Å². The molecule has 4 aromatic rings. The minimum atomic E-state index is 0.0356. The molecular weight excluding hydrogens is 617 g/mol. The molecular formula is C45H56N2O3. The van der Waals surface area contributed by atoms with Crippen molar-refractivity contribution >= 4 is 24.0 Å². The lowest BCUT2D eigenvalue weighted by Crippen LogP contribution is -2.35. The van der Waals surface area contributed by atoms with Gasteiger partial charge < -0.3 is 14.5 Å². The Morgan fingerprint density at radius 1 is 0.620 bits per heavy atom. The van der Waals surface area contributed by atoms with Gasteiger partial charge in [0.2, 0.25) is 0 Å². The van der Waals surface area contributed by atoms with Gasteiger partial charge in [-0.2, -0.15) is 0 Å². The third-order valence-electron chi connectivity index (χ3n) is 7.98. The molecule has 0 aliphatic carbocycles. The third-order valence-corrected chi connectivity index (χ3v) is 7.98. The fourth-order valence-corrected chi connectivity index (χ4v) is 5.69. The summed E-state index contributed by atoms with van der Waals surface area (Å²) < 4.78 is 5.24. The van der Waals surface area contributed by atoms with Gasteiger partial charge in [-0.25, -0.2) is 0 Å². The molecule has 0 saturated carbocycles. The summed E-state index contributed by atoms with van der Waals surface area (Å²) in [4.78, 5) is 29.8. The number of ether oxygens (including phenoxy) is 1. The van der Waals surface area contributed by atoms with Crippen LogP contribution in [-0.2, 0) is 6.42 Å². The highest BCUT2D eigenvalue weighted by Crippen LogP contribution is 2.18. The quantitative estimate of drug-likeness (QED) is 0.134. The lowest BCUT2D eigenvalue weighted by molar-refractivity contribution is 0.0745. The van der Waals surface area contributed by atoms with Crippen LogP contribution in [0.3, 0.4) is 0 Å². The van der Waals surface area contributed by atoms with Gasteiger partial charge in [-0.1, -0.05) is 137 Å². The Balaban J connectivity index is 0.000000270. The maximum atomic E-state index is 13.0. The summed E-state index contributed by atoms with van der Waals surface area (Å²) in [6, 6.07) is 35.8. The molecule has 0 bridgehead atoms. The van der Waals surface area contributed by atoms with Gasteiger partial charge in [0, 0.05) is 37.3 Å². The van der Waals surface area contributed by atoms with Gasteiger partial charge in [-0.3, -0.25) is 9.59 Å². The van der Waals surface area contributed by atoms with Gasteiger partial charge in [-0.05, 0) is 79.1 Å². The molecule has 0 aliphatic rings. The predicted molar refractivity (Wildman–Crippen MR) is 210 cm³/mol. The van der Waals surface area contributed by atoms with Crippen LogP contribution >= 0.6 is 0 Å². The fourth-order valence-electron chi connectivity index (χ4n) is 5.69. The molecule has 0 unspecified atom stereocenters. The first-order valence-corrected chi connectivity index (χ1v) is 17.7. The van der Waals surface area contributed by atoms with Crippen LogP contribution in [0, 0.1) is 11.8 Å². The Bertz CT molecular complexity index is 1670. The largest absolute Gasteiger partial charge is 0.497 e. The van der Waals surface area contributed by atoms with Crippen molar-refractivity contribution in [3.63, 3.8) is 0 Å². The first-order chi connectivity index (χ1) is 24.0. The molecule has 0 radical (unpaired) electrons. The number of nitrogens with zero attached hydrogens (tertiary/aromatic N) is 2. The minimum absolute atomic E-state index is 0.0356. The van der Waals surface area contributed by atoms with E-state index in [1.165, 1.54) is 16.7 Å². The van der Waals surface area contributed by atoms with Crippen LogP contribution in [0.2, 0.25) is 0 Å². The smallest absolute Gasteiger partial charge is 0.254 e. The van der Waals surface area contributed by atoms with Crippen molar-refractivity contribution in [3.05, 3.63) is 148 Å². The van der Waals surface area contributed by atoms with Crippen LogP contribution in [0.1, 0.15) is 85.9 Å². The van der Waals surface area contributed by atoms with Gasteiger partial charge in [0.15, 0.2) is 0 Å². The summed E-state index contributed by atoms with van der Waals surface area (Å²) in [5, 5.41) is 0. The van der Waals surface area contributed by atoms with E-state index in [1.54, 1.807) is 13.2 Å². The lowest BCUT2D eigenvalue weighted by atomic mass is 10.1. The van der Waals surface area contributed by atoms with Crippen molar-refractivity contribution in [2.45, 2.75) is 54.9 Å². The Kier molecular flexibility index (Phi) is 16.3. The van der Waals surface area contributed by atoms with Crippen molar-refractivity contribution in [3.8, 4) is 5.75 Å². The Morgan fingerprint density at radius 2 is 1.08 bits per heavy atom. The minimum Gasteiger partial charge on any atom is -0.497 e. The molecule has 0 heterocycles. The molecule has 0 saturated heterocycles. The van der Waals surface area contributed by atoms with Gasteiger partial charge in [0.05, 0.1) is 7.11 Å². The molecule has 5 nitrogen and oxygen atoms in total. The standard InChI is InChI=1S/C23H29NO.C22H27NO2/c1-5-20-11-13-22(14-12-20)23(25)24(16-18(2)3)17-19(4)15-21-9-7-6-8-10-21;1-17(2)15-23(16-18(3)13-19-9-6-5-7-10-19)22(24)20-11-8-12-21(14-20)25-4/h6-15,18H,5,16-17H2,1-4H3;5-14,17H,15-16H2,1-4H3/b19-15+;18-13+. The second-order valence-electron chi connectivity index (χ2n) is 13.7. The zero-order valence-corrected chi connectivity index (χ0v) is 31.4. The highest BCUT2D eigenvalue weighted by molar-refractivity contribution is 5.95. The van der Waals surface area contributed by atoms with E-state index in [2.05, 4.69) is 84.9 Å². The third kappa shape index (κ3) is 13.5. The van der Waals surface area contributed by atoms with Crippen LogP contribution in [0.15, 0.2) is 120 Å². The second kappa shape index (κ2) is 20.6. The van der Waals surface area contributed by atoms with Gasteiger partial charge in [0.25, 0.3) is 11.8 Å². The number of carbonyl (C=O) groups is 2. The fraction of sp³-hybridized carbons (Fsp3) is 0.333. The van der Waals surface area contributed by atoms with E-state index in [-0.39, 0.29) is 11.8 Å². The van der Waals surface area contributed by atoms with Gasteiger partial charge >= 0.3 is 0 Å². The monoisotopic (exact) mass is 672 g/mol. The summed E-state index contributed by atoms with van der Waals surface area (Å²) in [6.07, 6.45) is 5.27. The number of hydrogen-bond acceptors (Lipinski definition) is 3. The van der Waals surface area contributed by atoms with E-state index in [4.69, 9.17) is 4.74 Å². The first-order valence-electron chi connectivity index (χ1n) is 17.7. The molecule has 0 fully saturated rings. The normalized spacial score (nSPS) is 11.6. The van der Waals surface area contributed by atoms with E-state index in [0.717, 1.165) is 36.2 Å². The van der Waals surface area contributed by atoms with Crippen molar-refractivity contribution in [2.24, 2.45) is 11.8 Å². The number of methoxy groups -OCH3 is 1. The summed E-state index contributed by atoms with van der Waals surface area (Å²) >= 11 is 0. The van der Waals surface area contributed by atoms with Gasteiger partial charge in [-0.15, -0.1) is 0 Å². The Hall–Kier alpha value is -4.90. The van der Waals surface area contributed by atoms with E-state index in [9.17, 15) is 9.59 Å². The van der Waals surface area contributed by atoms with Crippen LogP contribution < -0.4 is 4.74 Å². The van der Waals surface area contributed by atoms with E-state index in [1.807, 2.05) is 88.7 Å². The maximum Gasteiger partial charge on any atom is 0.254 e. The zero-order chi connectivity index (χ0) is 36.5. The average Bonchev–Trinajstić information content (AvgIpc) is 3.11.